The smallest absolute Gasteiger partial charge is 0.402 e. The molecule has 1 aromatic heterocycles. The van der Waals surface area contributed by atoms with Crippen LogP contribution in [0, 0.1) is 15.0 Å². The average molecular weight is 329 g/mol. The molecule has 0 saturated carbocycles. The number of nitrogen functional groups attached to an aromatic ring is 1. The van der Waals surface area contributed by atoms with Crippen LogP contribution in [0.4, 0.5) is 18.9 Å². The summed E-state index contributed by atoms with van der Waals surface area (Å²) in [4.78, 5) is 3.63. The maximum Gasteiger partial charge on any atom is 0.573 e. The molecule has 0 aromatic carbocycles. The number of anilines is 1. The van der Waals surface area contributed by atoms with Crippen molar-refractivity contribution in [3.8, 4) is 11.8 Å². The van der Waals surface area contributed by atoms with Crippen molar-refractivity contribution < 1.29 is 17.9 Å². The second-order valence-corrected chi connectivity index (χ2v) is 3.39. The molecular formula is C7H3F3IN3O. The molecule has 0 atom stereocenters. The third-order valence-corrected chi connectivity index (χ3v) is 2.16. The summed E-state index contributed by atoms with van der Waals surface area (Å²) in [7, 11) is 0. The van der Waals surface area contributed by atoms with Crippen LogP contribution in [-0.4, -0.2) is 11.3 Å². The molecule has 1 aromatic rings. The van der Waals surface area contributed by atoms with Gasteiger partial charge in [0.15, 0.2) is 5.75 Å². The maximum absolute atomic E-state index is 12.0. The molecule has 4 nitrogen and oxygen atoms in total. The summed E-state index contributed by atoms with van der Waals surface area (Å²) in [5.41, 5.74) is 4.58. The van der Waals surface area contributed by atoms with Crippen molar-refractivity contribution in [2.24, 2.45) is 0 Å². The van der Waals surface area contributed by atoms with Gasteiger partial charge >= 0.3 is 6.36 Å². The van der Waals surface area contributed by atoms with Crippen LogP contribution in [-0.2, 0) is 0 Å². The van der Waals surface area contributed by atoms with Crippen LogP contribution in [0.5, 0.6) is 5.75 Å². The van der Waals surface area contributed by atoms with Gasteiger partial charge < -0.3 is 10.5 Å². The summed E-state index contributed by atoms with van der Waals surface area (Å²) < 4.78 is 39.6. The Bertz CT molecular complexity index is 427. The van der Waals surface area contributed by atoms with Crippen LogP contribution in [0.2, 0.25) is 0 Å². The molecule has 0 amide bonds. The molecule has 1 heterocycles. The van der Waals surface area contributed by atoms with Gasteiger partial charge in [-0.25, -0.2) is 4.98 Å². The number of pyridine rings is 1. The van der Waals surface area contributed by atoms with Crippen LogP contribution in [0.1, 0.15) is 5.56 Å². The monoisotopic (exact) mass is 329 g/mol. The van der Waals surface area contributed by atoms with Crippen molar-refractivity contribution in [2.75, 3.05) is 5.73 Å². The molecule has 0 bridgehead atoms. The summed E-state index contributed by atoms with van der Waals surface area (Å²) in [6, 6.07) is 1.55. The van der Waals surface area contributed by atoms with Crippen LogP contribution >= 0.6 is 22.6 Å². The molecule has 0 aliphatic rings. The van der Waals surface area contributed by atoms with E-state index in [0.717, 1.165) is 6.20 Å². The van der Waals surface area contributed by atoms with Gasteiger partial charge in [-0.05, 0) is 22.6 Å². The minimum absolute atomic E-state index is 0.101. The number of rotatable bonds is 1. The summed E-state index contributed by atoms with van der Waals surface area (Å²) in [6.45, 7) is 0. The Labute approximate surface area is 96.0 Å². The lowest BCUT2D eigenvalue weighted by Crippen LogP contribution is -2.19. The van der Waals surface area contributed by atoms with E-state index in [9.17, 15) is 13.2 Å². The summed E-state index contributed by atoms with van der Waals surface area (Å²) in [6.07, 6.45) is -3.88. The van der Waals surface area contributed by atoms with Crippen LogP contribution in [0.3, 0.4) is 0 Å². The SMILES string of the molecule is N#Cc1c(I)ncc(N)c1OC(F)(F)F. The fraction of sp³-hybridized carbons (Fsp3) is 0.143. The Morgan fingerprint density at radius 2 is 2.13 bits per heavy atom. The van der Waals surface area contributed by atoms with Crippen molar-refractivity contribution in [3.05, 3.63) is 15.5 Å². The number of aromatic nitrogens is 1. The fourth-order valence-corrected chi connectivity index (χ4v) is 1.31. The standard InChI is InChI=1S/C7H3F3IN3O/c8-7(9,10)15-5-3(1-12)6(11)14-2-4(5)13/h2H,13H2. The third kappa shape index (κ3) is 2.85. The molecule has 0 unspecified atom stereocenters. The highest BCUT2D eigenvalue weighted by atomic mass is 127. The first kappa shape index (κ1) is 11.8. The number of hydrogen-bond acceptors (Lipinski definition) is 4. The number of nitrogens with two attached hydrogens (primary N) is 1. The second kappa shape index (κ2) is 4.09. The van der Waals surface area contributed by atoms with Gasteiger partial charge in [-0.15, -0.1) is 13.2 Å². The summed E-state index contributed by atoms with van der Waals surface area (Å²) >= 11 is 1.62. The lowest BCUT2D eigenvalue weighted by Gasteiger charge is -2.12. The van der Waals surface area contributed by atoms with Gasteiger partial charge in [-0.2, -0.15) is 5.26 Å². The van der Waals surface area contributed by atoms with Gasteiger partial charge in [0.2, 0.25) is 0 Å². The molecule has 2 N–H and O–H groups in total. The zero-order valence-corrected chi connectivity index (χ0v) is 9.13. The Hall–Kier alpha value is -1.24. The molecule has 0 fully saturated rings. The molecule has 0 aliphatic heterocycles. The normalized spacial score (nSPS) is 10.9. The lowest BCUT2D eigenvalue weighted by atomic mass is 10.2. The van der Waals surface area contributed by atoms with E-state index in [-0.39, 0.29) is 15.0 Å². The lowest BCUT2D eigenvalue weighted by molar-refractivity contribution is -0.274. The Morgan fingerprint density at radius 1 is 1.53 bits per heavy atom. The maximum atomic E-state index is 12.0. The zero-order valence-electron chi connectivity index (χ0n) is 6.97. The van der Waals surface area contributed by atoms with Gasteiger partial charge in [0.1, 0.15) is 15.3 Å². The zero-order chi connectivity index (χ0) is 11.6. The number of nitrogens with zero attached hydrogens (tertiary/aromatic N) is 2. The van der Waals surface area contributed by atoms with Gasteiger partial charge in [-0.3, -0.25) is 0 Å². The van der Waals surface area contributed by atoms with Gasteiger partial charge in [-0.1, -0.05) is 0 Å². The Kier molecular flexibility index (Phi) is 3.23. The fourth-order valence-electron chi connectivity index (χ4n) is 0.810. The van der Waals surface area contributed by atoms with Crippen molar-refractivity contribution >= 4 is 28.3 Å². The predicted octanol–water partition coefficient (Wildman–Crippen LogP) is 2.04. The van der Waals surface area contributed by atoms with Crippen molar-refractivity contribution in [2.45, 2.75) is 6.36 Å². The van der Waals surface area contributed by atoms with E-state index in [0.29, 0.717) is 0 Å². The van der Waals surface area contributed by atoms with Crippen LogP contribution < -0.4 is 10.5 Å². The first-order valence-corrected chi connectivity index (χ1v) is 4.53. The van der Waals surface area contributed by atoms with Gasteiger partial charge in [0, 0.05) is 0 Å². The number of ether oxygens (including phenoxy) is 1. The highest BCUT2D eigenvalue weighted by Crippen LogP contribution is 2.32. The number of hydrogen-bond donors (Lipinski definition) is 1. The number of alkyl halides is 3. The Morgan fingerprint density at radius 3 is 2.60 bits per heavy atom. The molecule has 8 heteroatoms. The van der Waals surface area contributed by atoms with E-state index < -0.39 is 12.1 Å². The molecular weight excluding hydrogens is 326 g/mol. The van der Waals surface area contributed by atoms with E-state index in [2.05, 4.69) is 9.72 Å². The average Bonchev–Trinajstić information content (AvgIpc) is 2.10. The summed E-state index contributed by atoms with van der Waals surface area (Å²) in [5, 5.41) is 8.62. The minimum Gasteiger partial charge on any atom is -0.402 e. The minimum atomic E-state index is -4.88. The highest BCUT2D eigenvalue weighted by molar-refractivity contribution is 14.1. The third-order valence-electron chi connectivity index (χ3n) is 1.34. The quantitative estimate of drug-likeness (QED) is 0.632. The highest BCUT2D eigenvalue weighted by Gasteiger charge is 2.33. The molecule has 0 spiro atoms. The number of halogens is 4. The van der Waals surface area contributed by atoms with Gasteiger partial charge in [0.05, 0.1) is 11.9 Å². The van der Waals surface area contributed by atoms with E-state index in [1.54, 1.807) is 28.7 Å². The largest absolute Gasteiger partial charge is 0.573 e. The molecule has 0 saturated heterocycles. The number of nitriles is 1. The van der Waals surface area contributed by atoms with Crippen molar-refractivity contribution in [1.29, 1.82) is 5.26 Å². The van der Waals surface area contributed by atoms with Crippen molar-refractivity contribution in [3.63, 3.8) is 0 Å². The van der Waals surface area contributed by atoms with E-state index in [4.69, 9.17) is 11.0 Å². The topological polar surface area (TPSA) is 71.9 Å². The molecule has 0 radical (unpaired) electrons. The predicted molar refractivity (Wildman–Crippen MR) is 52.8 cm³/mol. The second-order valence-electron chi connectivity index (χ2n) is 2.37. The van der Waals surface area contributed by atoms with Crippen LogP contribution in [0.15, 0.2) is 6.20 Å². The summed E-state index contributed by atoms with van der Waals surface area (Å²) in [5.74, 6) is -0.704. The molecule has 80 valence electrons. The molecule has 1 rings (SSSR count). The van der Waals surface area contributed by atoms with E-state index >= 15 is 0 Å². The van der Waals surface area contributed by atoms with Gasteiger partial charge in [0.25, 0.3) is 0 Å². The first-order valence-electron chi connectivity index (χ1n) is 3.45. The van der Waals surface area contributed by atoms with E-state index in [1.165, 1.54) is 0 Å². The van der Waals surface area contributed by atoms with Crippen molar-refractivity contribution in [1.82, 2.24) is 4.98 Å². The molecule has 15 heavy (non-hydrogen) atoms. The Balaban J connectivity index is 3.28. The van der Waals surface area contributed by atoms with Crippen LogP contribution in [0.25, 0.3) is 0 Å². The molecule has 0 aliphatic carbocycles. The van der Waals surface area contributed by atoms with E-state index in [1.807, 2.05) is 0 Å². The first-order chi connectivity index (χ1) is 6.85.